The van der Waals surface area contributed by atoms with Gasteiger partial charge in [-0.05, 0) is 35.3 Å². The summed E-state index contributed by atoms with van der Waals surface area (Å²) in [5.74, 6) is 0.210. The Labute approximate surface area is 121 Å². The van der Waals surface area contributed by atoms with Gasteiger partial charge in [0.15, 0.2) is 5.78 Å². The summed E-state index contributed by atoms with van der Waals surface area (Å²) in [6.45, 7) is 4.70. The van der Waals surface area contributed by atoms with Gasteiger partial charge in [0.25, 0.3) is 0 Å². The highest BCUT2D eigenvalue weighted by molar-refractivity contribution is 9.10. The molecule has 0 unspecified atom stereocenters. The van der Waals surface area contributed by atoms with Gasteiger partial charge in [0, 0.05) is 31.4 Å². The zero-order chi connectivity index (χ0) is 14.0. The largest absolute Gasteiger partial charge is 0.348 e. The molecule has 2 aromatic rings. The zero-order valence-corrected chi connectivity index (χ0v) is 13.1. The fourth-order valence-corrected chi connectivity index (χ4v) is 2.56. The van der Waals surface area contributed by atoms with Crippen molar-refractivity contribution in [1.82, 2.24) is 14.3 Å². The van der Waals surface area contributed by atoms with Crippen molar-refractivity contribution in [3.05, 3.63) is 39.9 Å². The average molecular weight is 324 g/mol. The molecule has 0 radical (unpaired) electrons. The SMILES string of the molecule is CCCC(=O)c1ccn(Cc2c(Br)c(C)nn2C)c1. The molecule has 2 aromatic heterocycles. The molecule has 0 saturated carbocycles. The molecule has 0 amide bonds. The van der Waals surface area contributed by atoms with Gasteiger partial charge in [0.1, 0.15) is 0 Å². The third-order valence-electron chi connectivity index (χ3n) is 3.14. The van der Waals surface area contributed by atoms with Gasteiger partial charge < -0.3 is 4.57 Å². The molecular formula is C14H18BrN3O. The number of ketones is 1. The van der Waals surface area contributed by atoms with E-state index in [4.69, 9.17) is 0 Å². The molecule has 0 atom stereocenters. The van der Waals surface area contributed by atoms with Gasteiger partial charge in [-0.15, -0.1) is 0 Å². The van der Waals surface area contributed by atoms with Crippen molar-refractivity contribution < 1.29 is 4.79 Å². The number of carbonyl (C=O) groups excluding carboxylic acids is 1. The van der Waals surface area contributed by atoms with Crippen LogP contribution in [0.1, 0.15) is 41.5 Å². The minimum absolute atomic E-state index is 0.210. The Morgan fingerprint density at radius 2 is 2.21 bits per heavy atom. The van der Waals surface area contributed by atoms with Gasteiger partial charge in [0.2, 0.25) is 0 Å². The smallest absolute Gasteiger partial charge is 0.164 e. The van der Waals surface area contributed by atoms with Crippen molar-refractivity contribution >= 4 is 21.7 Å². The highest BCUT2D eigenvalue weighted by Gasteiger charge is 2.12. The summed E-state index contributed by atoms with van der Waals surface area (Å²) in [6.07, 6.45) is 5.35. The molecule has 0 saturated heterocycles. The topological polar surface area (TPSA) is 39.8 Å². The molecule has 2 heterocycles. The van der Waals surface area contributed by atoms with Crippen LogP contribution in [0.15, 0.2) is 22.9 Å². The molecule has 0 bridgehead atoms. The van der Waals surface area contributed by atoms with Crippen LogP contribution in [-0.2, 0) is 13.6 Å². The van der Waals surface area contributed by atoms with E-state index in [0.717, 1.165) is 27.8 Å². The van der Waals surface area contributed by atoms with E-state index in [2.05, 4.69) is 21.0 Å². The molecule has 19 heavy (non-hydrogen) atoms. The number of aromatic nitrogens is 3. The quantitative estimate of drug-likeness (QED) is 0.792. The Hall–Kier alpha value is -1.36. The fourth-order valence-electron chi connectivity index (χ4n) is 2.10. The highest BCUT2D eigenvalue weighted by Crippen LogP contribution is 2.21. The summed E-state index contributed by atoms with van der Waals surface area (Å²) in [5.41, 5.74) is 2.87. The maximum absolute atomic E-state index is 11.8. The lowest BCUT2D eigenvalue weighted by Gasteiger charge is -2.04. The summed E-state index contributed by atoms with van der Waals surface area (Å²) < 4.78 is 4.92. The summed E-state index contributed by atoms with van der Waals surface area (Å²) >= 11 is 3.56. The average Bonchev–Trinajstić information content (AvgIpc) is 2.91. The maximum atomic E-state index is 11.8. The van der Waals surface area contributed by atoms with Crippen LogP contribution in [0.4, 0.5) is 0 Å². The van der Waals surface area contributed by atoms with Crippen molar-refractivity contribution in [2.24, 2.45) is 7.05 Å². The predicted molar refractivity (Wildman–Crippen MR) is 78.4 cm³/mol. The van der Waals surface area contributed by atoms with E-state index < -0.39 is 0 Å². The molecule has 0 aliphatic carbocycles. The van der Waals surface area contributed by atoms with Gasteiger partial charge in [-0.2, -0.15) is 5.10 Å². The van der Waals surface area contributed by atoms with E-state index in [1.54, 1.807) is 0 Å². The van der Waals surface area contributed by atoms with Gasteiger partial charge in [-0.3, -0.25) is 9.48 Å². The number of halogens is 1. The lowest BCUT2D eigenvalue weighted by molar-refractivity contribution is 0.0981. The Kier molecular flexibility index (Phi) is 4.24. The van der Waals surface area contributed by atoms with E-state index in [-0.39, 0.29) is 5.78 Å². The predicted octanol–water partition coefficient (Wildman–Crippen LogP) is 3.32. The van der Waals surface area contributed by atoms with Gasteiger partial charge in [-0.1, -0.05) is 6.92 Å². The fraction of sp³-hybridized carbons (Fsp3) is 0.429. The number of hydrogen-bond acceptors (Lipinski definition) is 2. The minimum Gasteiger partial charge on any atom is -0.348 e. The van der Waals surface area contributed by atoms with Crippen LogP contribution in [-0.4, -0.2) is 20.1 Å². The van der Waals surface area contributed by atoms with E-state index in [9.17, 15) is 4.79 Å². The molecule has 4 nitrogen and oxygen atoms in total. The maximum Gasteiger partial charge on any atom is 0.164 e. The summed E-state index contributed by atoms with van der Waals surface area (Å²) in [7, 11) is 1.93. The van der Waals surface area contributed by atoms with Crippen LogP contribution >= 0.6 is 15.9 Å². The van der Waals surface area contributed by atoms with Crippen molar-refractivity contribution in [2.45, 2.75) is 33.2 Å². The zero-order valence-electron chi connectivity index (χ0n) is 11.5. The first-order valence-corrected chi connectivity index (χ1v) is 7.19. The molecule has 0 aliphatic heterocycles. The Balaban J connectivity index is 2.18. The number of carbonyl (C=O) groups is 1. The monoisotopic (exact) mass is 323 g/mol. The number of rotatable bonds is 5. The second-order valence-electron chi connectivity index (χ2n) is 4.72. The van der Waals surface area contributed by atoms with Gasteiger partial charge in [-0.25, -0.2) is 0 Å². The second kappa shape index (κ2) is 5.74. The van der Waals surface area contributed by atoms with Crippen LogP contribution in [0, 0.1) is 6.92 Å². The van der Waals surface area contributed by atoms with Crippen LogP contribution in [0.2, 0.25) is 0 Å². The van der Waals surface area contributed by atoms with Gasteiger partial charge in [0.05, 0.1) is 22.4 Å². The molecule has 0 aliphatic rings. The lowest BCUT2D eigenvalue weighted by atomic mass is 10.1. The van der Waals surface area contributed by atoms with E-state index in [1.165, 1.54) is 0 Å². The molecule has 102 valence electrons. The Morgan fingerprint density at radius 3 is 2.79 bits per heavy atom. The third kappa shape index (κ3) is 2.97. The van der Waals surface area contributed by atoms with E-state index in [1.807, 2.05) is 48.6 Å². The molecule has 0 fully saturated rings. The standard InChI is InChI=1S/C14H18BrN3O/c1-4-5-13(19)11-6-7-18(8-11)9-12-14(15)10(2)16-17(12)3/h6-8H,4-5,9H2,1-3H3. The Bertz CT molecular complexity index is 598. The van der Waals surface area contributed by atoms with Crippen molar-refractivity contribution in [2.75, 3.05) is 0 Å². The minimum atomic E-state index is 0.210. The molecule has 0 aromatic carbocycles. The summed E-state index contributed by atoms with van der Waals surface area (Å²) in [4.78, 5) is 11.8. The van der Waals surface area contributed by atoms with Gasteiger partial charge >= 0.3 is 0 Å². The van der Waals surface area contributed by atoms with Crippen LogP contribution < -0.4 is 0 Å². The number of nitrogens with zero attached hydrogens (tertiary/aromatic N) is 3. The number of hydrogen-bond donors (Lipinski definition) is 0. The normalized spacial score (nSPS) is 10.9. The molecule has 2 rings (SSSR count). The second-order valence-corrected chi connectivity index (χ2v) is 5.51. The van der Waals surface area contributed by atoms with Crippen molar-refractivity contribution in [3.8, 4) is 0 Å². The molecule has 5 heteroatoms. The van der Waals surface area contributed by atoms with Crippen LogP contribution in [0.5, 0.6) is 0 Å². The van der Waals surface area contributed by atoms with Crippen molar-refractivity contribution in [1.29, 1.82) is 0 Å². The first kappa shape index (κ1) is 14.1. The highest BCUT2D eigenvalue weighted by atomic mass is 79.9. The van der Waals surface area contributed by atoms with E-state index in [0.29, 0.717) is 13.0 Å². The lowest BCUT2D eigenvalue weighted by Crippen LogP contribution is -2.04. The van der Waals surface area contributed by atoms with Crippen LogP contribution in [0.3, 0.4) is 0 Å². The summed E-state index contributed by atoms with van der Waals surface area (Å²) in [6, 6.07) is 1.88. The number of aryl methyl sites for hydroxylation is 2. The van der Waals surface area contributed by atoms with Crippen LogP contribution in [0.25, 0.3) is 0 Å². The molecule has 0 N–H and O–H groups in total. The molecule has 0 spiro atoms. The Morgan fingerprint density at radius 1 is 1.47 bits per heavy atom. The van der Waals surface area contributed by atoms with E-state index >= 15 is 0 Å². The summed E-state index contributed by atoms with van der Waals surface area (Å²) in [5, 5.41) is 4.37. The first-order valence-electron chi connectivity index (χ1n) is 6.40. The molecular weight excluding hydrogens is 306 g/mol. The third-order valence-corrected chi connectivity index (χ3v) is 4.18. The first-order chi connectivity index (χ1) is 9.02. The number of Topliss-reactive ketones (excluding diaryl/α,β-unsaturated/α-hetero) is 1. The van der Waals surface area contributed by atoms with Crippen molar-refractivity contribution in [3.63, 3.8) is 0 Å².